The predicted molar refractivity (Wildman–Crippen MR) is 110 cm³/mol. The molecule has 2 bridgehead atoms. The minimum Gasteiger partial charge on any atom is -0.493 e. The highest BCUT2D eigenvalue weighted by molar-refractivity contribution is 9.10. The highest BCUT2D eigenvalue weighted by Crippen LogP contribution is 2.52. The topological polar surface area (TPSA) is 94.5 Å². The van der Waals surface area contributed by atoms with E-state index >= 15 is 0 Å². The molecule has 2 fully saturated rings. The smallest absolute Gasteiger partial charge is 0.344 e. The summed E-state index contributed by atoms with van der Waals surface area (Å²) < 4.78 is 16.5. The van der Waals surface area contributed by atoms with Crippen molar-refractivity contribution in [2.45, 2.75) is 13.3 Å². The molecule has 0 radical (unpaired) electrons. The van der Waals surface area contributed by atoms with Crippen molar-refractivity contribution in [3.8, 4) is 11.5 Å². The van der Waals surface area contributed by atoms with Gasteiger partial charge in [-0.1, -0.05) is 28.1 Å². The van der Waals surface area contributed by atoms with Gasteiger partial charge in [0, 0.05) is 10.0 Å². The van der Waals surface area contributed by atoms with Crippen LogP contribution in [0.25, 0.3) is 0 Å². The Morgan fingerprint density at radius 3 is 2.50 bits per heavy atom. The number of carbonyl (C=O) groups excluding carboxylic acids is 3. The average Bonchev–Trinajstić information content (AvgIpc) is 3.40. The van der Waals surface area contributed by atoms with Gasteiger partial charge in [0.15, 0.2) is 18.1 Å². The molecule has 30 heavy (non-hydrogen) atoms. The number of hydrogen-bond acceptors (Lipinski definition) is 7. The van der Waals surface area contributed by atoms with Crippen molar-refractivity contribution >= 4 is 39.9 Å². The molecule has 9 heteroatoms. The summed E-state index contributed by atoms with van der Waals surface area (Å²) in [5.74, 6) is -0.833. The molecule has 2 amide bonds. The third-order valence-corrected chi connectivity index (χ3v) is 6.13. The Morgan fingerprint density at radius 2 is 1.90 bits per heavy atom. The van der Waals surface area contributed by atoms with E-state index in [1.807, 2.05) is 12.2 Å². The summed E-state index contributed by atoms with van der Waals surface area (Å²) in [6, 6.07) is 3.38. The number of hydrogen-bond donors (Lipinski definition) is 0. The number of rotatable bonds is 7. The Hall–Kier alpha value is -2.68. The van der Waals surface area contributed by atoms with Crippen molar-refractivity contribution in [1.82, 2.24) is 5.01 Å². The third-order valence-electron chi connectivity index (χ3n) is 5.67. The Bertz CT molecular complexity index is 929. The molecule has 1 aromatic rings. The van der Waals surface area contributed by atoms with Crippen molar-refractivity contribution in [2.75, 3.05) is 20.3 Å². The number of fused-ring (bicyclic) bond motifs is 5. The van der Waals surface area contributed by atoms with Crippen LogP contribution in [0.4, 0.5) is 0 Å². The second-order valence-corrected chi connectivity index (χ2v) is 8.27. The molecule has 0 aromatic heterocycles. The van der Waals surface area contributed by atoms with E-state index < -0.39 is 5.97 Å². The fourth-order valence-electron chi connectivity index (χ4n) is 4.44. The number of ether oxygens (including phenoxy) is 3. The number of halogens is 1. The van der Waals surface area contributed by atoms with Gasteiger partial charge in [-0.25, -0.2) is 4.79 Å². The Balaban J connectivity index is 1.58. The molecule has 0 spiro atoms. The molecule has 8 nitrogen and oxygen atoms in total. The van der Waals surface area contributed by atoms with E-state index in [9.17, 15) is 14.4 Å². The number of allylic oxidation sites excluding steroid dienone is 2. The van der Waals surface area contributed by atoms with Gasteiger partial charge in [-0.2, -0.15) is 10.1 Å². The van der Waals surface area contributed by atoms with Gasteiger partial charge in [0.25, 0.3) is 11.8 Å². The standard InChI is InChI=1S/C21H21BrN2O6/c1-3-29-16(25)10-30-19-13(7-14(22)8-15(19)28-2)9-23-24-20(26)17-11-4-5-12(6-11)18(17)21(24)27/h4-5,7-9,11-12,17-18H,3,6,10H2,1-2H3. The van der Waals surface area contributed by atoms with Crippen LogP contribution < -0.4 is 9.47 Å². The minimum atomic E-state index is -0.522. The molecule has 158 valence electrons. The van der Waals surface area contributed by atoms with Gasteiger partial charge in [-0.05, 0) is 37.3 Å². The highest BCUT2D eigenvalue weighted by Gasteiger charge is 2.59. The number of nitrogens with zero attached hydrogens (tertiary/aromatic N) is 2. The van der Waals surface area contributed by atoms with Crippen molar-refractivity contribution in [1.29, 1.82) is 0 Å². The third kappa shape index (κ3) is 3.51. The van der Waals surface area contributed by atoms with Gasteiger partial charge in [-0.15, -0.1) is 0 Å². The first-order chi connectivity index (χ1) is 14.4. The van der Waals surface area contributed by atoms with Crippen molar-refractivity contribution in [3.63, 3.8) is 0 Å². The SMILES string of the molecule is CCOC(=O)COc1c(C=NN2C(=O)C3C4C=CC(C4)C3C2=O)cc(Br)cc1OC. The summed E-state index contributed by atoms with van der Waals surface area (Å²) in [5.41, 5.74) is 0.448. The molecule has 1 saturated heterocycles. The number of methoxy groups -OCH3 is 1. The fraction of sp³-hybridized carbons (Fsp3) is 0.429. The van der Waals surface area contributed by atoms with Crippen molar-refractivity contribution < 1.29 is 28.6 Å². The van der Waals surface area contributed by atoms with Gasteiger partial charge in [0.05, 0.1) is 31.8 Å². The van der Waals surface area contributed by atoms with E-state index in [4.69, 9.17) is 14.2 Å². The lowest BCUT2D eigenvalue weighted by atomic mass is 9.85. The molecule has 1 heterocycles. The van der Waals surface area contributed by atoms with E-state index in [2.05, 4.69) is 21.0 Å². The summed E-state index contributed by atoms with van der Waals surface area (Å²) in [5, 5.41) is 5.15. The van der Waals surface area contributed by atoms with Gasteiger partial charge >= 0.3 is 5.97 Å². The first-order valence-corrected chi connectivity index (χ1v) is 10.5. The molecule has 3 aliphatic rings. The van der Waals surface area contributed by atoms with Gasteiger partial charge < -0.3 is 14.2 Å². The van der Waals surface area contributed by atoms with Crippen LogP contribution in [0, 0.1) is 23.7 Å². The molecule has 1 aromatic carbocycles. The van der Waals surface area contributed by atoms with E-state index in [1.54, 1.807) is 19.1 Å². The zero-order chi connectivity index (χ0) is 21.4. The van der Waals surface area contributed by atoms with Crippen LogP contribution in [0.15, 0.2) is 33.9 Å². The van der Waals surface area contributed by atoms with E-state index in [1.165, 1.54) is 13.3 Å². The molecule has 4 rings (SSSR count). The molecule has 4 atom stereocenters. The summed E-state index contributed by atoms with van der Waals surface area (Å²) in [7, 11) is 1.47. The van der Waals surface area contributed by atoms with Crippen molar-refractivity contribution in [3.05, 3.63) is 34.3 Å². The lowest BCUT2D eigenvalue weighted by Gasteiger charge is -2.14. The van der Waals surface area contributed by atoms with Crippen LogP contribution in [-0.4, -0.2) is 49.3 Å². The lowest BCUT2D eigenvalue weighted by Crippen LogP contribution is -2.28. The quantitative estimate of drug-likeness (QED) is 0.259. The molecule has 0 N–H and O–H groups in total. The Labute approximate surface area is 182 Å². The number of esters is 1. The normalized spacial score (nSPS) is 26.6. The van der Waals surface area contributed by atoms with Crippen LogP contribution in [-0.2, 0) is 19.1 Å². The van der Waals surface area contributed by atoms with Crippen LogP contribution in [0.1, 0.15) is 18.9 Å². The zero-order valence-corrected chi connectivity index (χ0v) is 18.1. The second-order valence-electron chi connectivity index (χ2n) is 7.35. The van der Waals surface area contributed by atoms with E-state index in [0.717, 1.165) is 11.4 Å². The van der Waals surface area contributed by atoms with Crippen LogP contribution in [0.5, 0.6) is 11.5 Å². The van der Waals surface area contributed by atoms with Gasteiger partial charge in [-0.3, -0.25) is 9.59 Å². The first-order valence-electron chi connectivity index (χ1n) is 9.70. The second kappa shape index (κ2) is 8.22. The van der Waals surface area contributed by atoms with Crippen molar-refractivity contribution in [2.24, 2.45) is 28.8 Å². The molecule has 2 aliphatic carbocycles. The van der Waals surface area contributed by atoms with E-state index in [0.29, 0.717) is 15.8 Å². The summed E-state index contributed by atoms with van der Waals surface area (Å²) >= 11 is 3.39. The zero-order valence-electron chi connectivity index (χ0n) is 16.5. The van der Waals surface area contributed by atoms with Gasteiger partial charge in [0.2, 0.25) is 0 Å². The number of carbonyl (C=O) groups is 3. The predicted octanol–water partition coefficient (Wildman–Crippen LogP) is 2.54. The summed E-state index contributed by atoms with van der Waals surface area (Å²) in [6.45, 7) is 1.64. The van der Waals surface area contributed by atoms with Gasteiger partial charge in [0.1, 0.15) is 0 Å². The summed E-state index contributed by atoms with van der Waals surface area (Å²) in [4.78, 5) is 37.3. The number of hydrazone groups is 1. The average molecular weight is 477 g/mol. The fourth-order valence-corrected chi connectivity index (χ4v) is 4.90. The molecular formula is C21H21BrN2O6. The Kier molecular flexibility index (Phi) is 5.64. The molecule has 4 unspecified atom stereocenters. The minimum absolute atomic E-state index is 0.117. The van der Waals surface area contributed by atoms with E-state index in [-0.39, 0.29) is 54.4 Å². The maximum absolute atomic E-state index is 12.8. The number of amides is 2. The number of imide groups is 1. The number of benzene rings is 1. The van der Waals surface area contributed by atoms with Crippen LogP contribution >= 0.6 is 15.9 Å². The Morgan fingerprint density at radius 1 is 1.23 bits per heavy atom. The van der Waals surface area contributed by atoms with Crippen LogP contribution in [0.3, 0.4) is 0 Å². The molecule has 1 saturated carbocycles. The largest absolute Gasteiger partial charge is 0.493 e. The first kappa shape index (κ1) is 20.6. The maximum Gasteiger partial charge on any atom is 0.344 e. The lowest BCUT2D eigenvalue weighted by molar-refractivity contribution is -0.145. The van der Waals surface area contributed by atoms with Crippen LogP contribution in [0.2, 0.25) is 0 Å². The molecule has 1 aliphatic heterocycles. The maximum atomic E-state index is 12.8. The monoisotopic (exact) mass is 476 g/mol. The summed E-state index contributed by atoms with van der Waals surface area (Å²) in [6.07, 6.45) is 6.30. The molecular weight excluding hydrogens is 456 g/mol. The highest BCUT2D eigenvalue weighted by atomic mass is 79.9.